The van der Waals surface area contributed by atoms with Gasteiger partial charge >= 0.3 is 6.03 Å². The van der Waals surface area contributed by atoms with E-state index in [0.717, 1.165) is 26.2 Å². The molecule has 0 radical (unpaired) electrons. The first-order chi connectivity index (χ1) is 5.29. The number of urea groups is 1. The van der Waals surface area contributed by atoms with E-state index < -0.39 is 6.03 Å². The minimum Gasteiger partial charge on any atom is -0.352 e. The summed E-state index contributed by atoms with van der Waals surface area (Å²) in [6.45, 7) is 4.48. The highest BCUT2D eigenvalue weighted by atomic mass is 16.2. The van der Waals surface area contributed by atoms with Crippen LogP contribution < -0.4 is 16.4 Å². The quantitative estimate of drug-likeness (QED) is 0.459. The molecule has 4 N–H and O–H groups in total. The molecule has 1 saturated heterocycles. The topological polar surface area (TPSA) is 70.4 Å². The van der Waals surface area contributed by atoms with Crippen molar-refractivity contribution in [3.8, 4) is 0 Å². The van der Waals surface area contributed by atoms with Gasteiger partial charge in [0.2, 0.25) is 0 Å². The molecule has 2 amide bonds. The predicted octanol–water partition coefficient (Wildman–Crippen LogP) is -1.48. The number of nitrogens with one attached hydrogen (secondary N) is 2. The van der Waals surface area contributed by atoms with Gasteiger partial charge in [-0.1, -0.05) is 0 Å². The Hall–Kier alpha value is -0.810. The van der Waals surface area contributed by atoms with Crippen LogP contribution in [-0.2, 0) is 0 Å². The molecule has 0 spiro atoms. The van der Waals surface area contributed by atoms with E-state index in [2.05, 4.69) is 15.5 Å². The van der Waals surface area contributed by atoms with Crippen molar-refractivity contribution >= 4 is 6.03 Å². The van der Waals surface area contributed by atoms with Gasteiger partial charge in [0.25, 0.3) is 0 Å². The van der Waals surface area contributed by atoms with Crippen LogP contribution in [0.5, 0.6) is 0 Å². The maximum Gasteiger partial charge on any atom is 0.313 e. The highest BCUT2D eigenvalue weighted by molar-refractivity contribution is 5.71. The lowest BCUT2D eigenvalue weighted by atomic mass is 10.4. The summed E-state index contributed by atoms with van der Waals surface area (Å²) in [6.07, 6.45) is 0. The van der Waals surface area contributed by atoms with Crippen molar-refractivity contribution in [3.05, 3.63) is 0 Å². The average molecular weight is 158 g/mol. The summed E-state index contributed by atoms with van der Waals surface area (Å²) in [5.74, 6) is 0. The van der Waals surface area contributed by atoms with Crippen molar-refractivity contribution in [2.75, 3.05) is 32.8 Å². The molecule has 1 aliphatic rings. The molecule has 1 aliphatic heterocycles. The first-order valence-electron chi connectivity index (χ1n) is 3.75. The molecule has 1 rings (SSSR count). The van der Waals surface area contributed by atoms with E-state index >= 15 is 0 Å². The predicted molar refractivity (Wildman–Crippen MR) is 42.0 cm³/mol. The second-order valence-electron chi connectivity index (χ2n) is 2.57. The van der Waals surface area contributed by atoms with Gasteiger partial charge < -0.3 is 16.4 Å². The lowest BCUT2D eigenvalue weighted by molar-refractivity contribution is 0.212. The van der Waals surface area contributed by atoms with Crippen molar-refractivity contribution in [1.29, 1.82) is 0 Å². The van der Waals surface area contributed by atoms with Gasteiger partial charge in [0, 0.05) is 26.2 Å². The Balaban J connectivity index is 2.09. The summed E-state index contributed by atoms with van der Waals surface area (Å²) in [7, 11) is 0. The Morgan fingerprint density at radius 1 is 1.55 bits per heavy atom. The molecule has 5 nitrogen and oxygen atoms in total. The van der Waals surface area contributed by atoms with Gasteiger partial charge in [0.1, 0.15) is 0 Å². The third-order valence-electron chi connectivity index (χ3n) is 1.69. The zero-order chi connectivity index (χ0) is 8.10. The summed E-state index contributed by atoms with van der Waals surface area (Å²) < 4.78 is 0. The number of nitrogens with two attached hydrogens (primary N) is 1. The number of piperazine rings is 1. The fraction of sp³-hybridized carbons (Fsp3) is 0.833. The summed E-state index contributed by atoms with van der Waals surface area (Å²) in [5, 5.41) is 5.77. The number of amides is 2. The van der Waals surface area contributed by atoms with Crippen LogP contribution >= 0.6 is 0 Å². The van der Waals surface area contributed by atoms with E-state index in [-0.39, 0.29) is 0 Å². The Bertz CT molecular complexity index is 133. The van der Waals surface area contributed by atoms with Crippen LogP contribution in [0.15, 0.2) is 0 Å². The number of nitrogens with zero attached hydrogens (tertiary/aromatic N) is 1. The van der Waals surface area contributed by atoms with Crippen LogP contribution in [-0.4, -0.2) is 43.8 Å². The normalized spacial score (nSPS) is 19.6. The zero-order valence-corrected chi connectivity index (χ0v) is 6.47. The molecule has 1 heterocycles. The highest BCUT2D eigenvalue weighted by Crippen LogP contribution is 1.87. The number of hydrogen-bond acceptors (Lipinski definition) is 3. The minimum atomic E-state index is -0.455. The number of carbonyl (C=O) groups is 1. The SMILES string of the molecule is NC(=O)NCN1CCNCC1. The van der Waals surface area contributed by atoms with Crippen LogP contribution in [0.3, 0.4) is 0 Å². The molecule has 11 heavy (non-hydrogen) atoms. The third-order valence-corrected chi connectivity index (χ3v) is 1.69. The van der Waals surface area contributed by atoms with Crippen LogP contribution in [0.25, 0.3) is 0 Å². The molecular weight excluding hydrogens is 144 g/mol. The second kappa shape index (κ2) is 4.15. The minimum absolute atomic E-state index is 0.455. The fourth-order valence-corrected chi connectivity index (χ4v) is 1.06. The molecule has 0 aromatic carbocycles. The van der Waals surface area contributed by atoms with Crippen molar-refractivity contribution in [1.82, 2.24) is 15.5 Å². The van der Waals surface area contributed by atoms with Gasteiger partial charge in [-0.3, -0.25) is 4.90 Å². The third kappa shape index (κ3) is 3.20. The van der Waals surface area contributed by atoms with Crippen molar-refractivity contribution in [2.45, 2.75) is 0 Å². The zero-order valence-electron chi connectivity index (χ0n) is 6.47. The maximum atomic E-state index is 10.3. The summed E-state index contributed by atoms with van der Waals surface area (Å²) in [5.41, 5.74) is 4.92. The van der Waals surface area contributed by atoms with E-state index in [1.807, 2.05) is 0 Å². The summed E-state index contributed by atoms with van der Waals surface area (Å²) >= 11 is 0. The largest absolute Gasteiger partial charge is 0.352 e. The molecular formula is C6H14N4O. The molecule has 64 valence electrons. The van der Waals surface area contributed by atoms with E-state index in [0.29, 0.717) is 6.67 Å². The van der Waals surface area contributed by atoms with E-state index in [1.54, 1.807) is 0 Å². The molecule has 5 heteroatoms. The fourth-order valence-electron chi connectivity index (χ4n) is 1.06. The molecule has 0 atom stereocenters. The Labute approximate surface area is 65.9 Å². The molecule has 0 bridgehead atoms. The van der Waals surface area contributed by atoms with Gasteiger partial charge in [0.15, 0.2) is 0 Å². The number of primary amides is 1. The number of carbonyl (C=O) groups excluding carboxylic acids is 1. The van der Waals surface area contributed by atoms with Crippen LogP contribution in [0.1, 0.15) is 0 Å². The Kier molecular flexibility index (Phi) is 3.13. The standard InChI is InChI=1S/C6H14N4O/c7-6(11)9-5-10-3-1-8-2-4-10/h8H,1-5H2,(H3,7,9,11). The van der Waals surface area contributed by atoms with Gasteiger partial charge in [-0.25, -0.2) is 4.79 Å². The van der Waals surface area contributed by atoms with E-state index in [9.17, 15) is 4.79 Å². The van der Waals surface area contributed by atoms with Crippen molar-refractivity contribution in [3.63, 3.8) is 0 Å². The van der Waals surface area contributed by atoms with Crippen LogP contribution in [0, 0.1) is 0 Å². The van der Waals surface area contributed by atoms with Crippen LogP contribution in [0.4, 0.5) is 4.79 Å². The Morgan fingerprint density at radius 3 is 2.73 bits per heavy atom. The number of hydrogen-bond donors (Lipinski definition) is 3. The first kappa shape index (κ1) is 8.29. The number of rotatable bonds is 2. The summed E-state index contributed by atoms with van der Waals surface area (Å²) in [4.78, 5) is 12.5. The van der Waals surface area contributed by atoms with Crippen molar-refractivity contribution < 1.29 is 4.79 Å². The maximum absolute atomic E-state index is 10.3. The highest BCUT2D eigenvalue weighted by Gasteiger charge is 2.08. The molecule has 0 aromatic rings. The first-order valence-corrected chi connectivity index (χ1v) is 3.75. The molecule has 0 aromatic heterocycles. The average Bonchev–Trinajstić information content (AvgIpc) is 2.03. The summed E-state index contributed by atoms with van der Waals surface area (Å²) in [6, 6.07) is -0.455. The molecule has 0 unspecified atom stereocenters. The van der Waals surface area contributed by atoms with Gasteiger partial charge in [-0.05, 0) is 0 Å². The molecule has 1 fully saturated rings. The smallest absolute Gasteiger partial charge is 0.313 e. The lowest BCUT2D eigenvalue weighted by Crippen LogP contribution is -2.48. The molecule has 0 aliphatic carbocycles. The van der Waals surface area contributed by atoms with Gasteiger partial charge in [-0.15, -0.1) is 0 Å². The van der Waals surface area contributed by atoms with Crippen molar-refractivity contribution in [2.24, 2.45) is 5.73 Å². The van der Waals surface area contributed by atoms with Gasteiger partial charge in [0.05, 0.1) is 6.67 Å². The lowest BCUT2D eigenvalue weighted by Gasteiger charge is -2.26. The molecule has 0 saturated carbocycles. The monoisotopic (exact) mass is 158 g/mol. The van der Waals surface area contributed by atoms with E-state index in [4.69, 9.17) is 5.73 Å². The van der Waals surface area contributed by atoms with E-state index in [1.165, 1.54) is 0 Å². The van der Waals surface area contributed by atoms with Gasteiger partial charge in [-0.2, -0.15) is 0 Å². The van der Waals surface area contributed by atoms with Crippen LogP contribution in [0.2, 0.25) is 0 Å². The Morgan fingerprint density at radius 2 is 2.18 bits per heavy atom. The second-order valence-corrected chi connectivity index (χ2v) is 2.57.